The summed E-state index contributed by atoms with van der Waals surface area (Å²) in [5, 5.41) is 0. The molecular weight excluding hydrogens is 540 g/mol. The van der Waals surface area contributed by atoms with E-state index in [2.05, 4.69) is 35.2 Å². The van der Waals surface area contributed by atoms with Crippen LogP contribution in [0, 0.1) is 5.92 Å². The van der Waals surface area contributed by atoms with Crippen LogP contribution in [-0.2, 0) is 31.0 Å². The van der Waals surface area contributed by atoms with Crippen LogP contribution < -0.4 is 4.74 Å². The van der Waals surface area contributed by atoms with Gasteiger partial charge in [0.15, 0.2) is 0 Å². The molecule has 3 atom stereocenters. The number of carbonyl (C=O) groups excluding carboxylic acids is 3. The molecule has 1 heterocycles. The van der Waals surface area contributed by atoms with Crippen LogP contribution in [0.3, 0.4) is 0 Å². The fraction of sp³-hybridized carbons (Fsp3) is 0.583. The fourth-order valence-corrected chi connectivity index (χ4v) is 7.64. The van der Waals surface area contributed by atoms with Gasteiger partial charge in [0.25, 0.3) is 0 Å². The summed E-state index contributed by atoms with van der Waals surface area (Å²) >= 11 is 0. The third kappa shape index (κ3) is 7.49. The van der Waals surface area contributed by atoms with Gasteiger partial charge in [0.05, 0.1) is 0 Å². The minimum Gasteiger partial charge on any atom is -0.457 e. The maximum atomic E-state index is 13.5. The summed E-state index contributed by atoms with van der Waals surface area (Å²) in [4.78, 5) is 42.4. The Morgan fingerprint density at radius 1 is 0.930 bits per heavy atom. The molecule has 3 aliphatic rings. The first kappa shape index (κ1) is 31.2. The number of ether oxygens (including phenoxy) is 2. The lowest BCUT2D eigenvalue weighted by Gasteiger charge is -2.60. The minimum atomic E-state index is -0.710. The molecule has 2 aromatic rings. The average molecular weight is 589 g/mol. The molecule has 0 bridgehead atoms. The fourth-order valence-electron chi connectivity index (χ4n) is 7.64. The zero-order valence-electron chi connectivity index (χ0n) is 26.2. The molecule has 3 fully saturated rings. The van der Waals surface area contributed by atoms with Gasteiger partial charge in [0, 0.05) is 51.9 Å². The van der Waals surface area contributed by atoms with Crippen molar-refractivity contribution in [3.05, 3.63) is 65.7 Å². The Hall–Kier alpha value is -3.19. The first-order chi connectivity index (χ1) is 20.7. The lowest BCUT2D eigenvalue weighted by atomic mass is 9.55. The Kier molecular flexibility index (Phi) is 9.90. The van der Waals surface area contributed by atoms with Crippen molar-refractivity contribution in [3.8, 4) is 5.75 Å². The Balaban J connectivity index is 1.34. The van der Waals surface area contributed by atoms with Crippen LogP contribution in [0.25, 0.3) is 0 Å². The molecule has 5 rings (SSSR count). The van der Waals surface area contributed by atoms with Crippen LogP contribution in [-0.4, -0.2) is 66.0 Å². The van der Waals surface area contributed by atoms with E-state index in [4.69, 9.17) is 9.47 Å². The number of rotatable bonds is 12. The number of fused-ring (bicyclic) bond motifs is 1. The number of esters is 2. The van der Waals surface area contributed by atoms with E-state index in [1.807, 2.05) is 30.1 Å². The van der Waals surface area contributed by atoms with Gasteiger partial charge >= 0.3 is 11.9 Å². The number of aryl methyl sites for hydroxylation is 1. The van der Waals surface area contributed by atoms with Gasteiger partial charge in [-0.05, 0) is 93.5 Å². The number of hydrogen-bond acceptors (Lipinski definition) is 6. The van der Waals surface area contributed by atoms with Crippen LogP contribution in [0.15, 0.2) is 54.6 Å². The van der Waals surface area contributed by atoms with Crippen molar-refractivity contribution in [2.24, 2.45) is 5.92 Å². The average Bonchev–Trinajstić information content (AvgIpc) is 3.80. The number of nitrogens with zero attached hydrogens (tertiary/aromatic N) is 2. The number of unbranched alkanes of at least 4 members (excludes halogenated alkanes) is 2. The number of benzene rings is 2. The second-order valence-corrected chi connectivity index (χ2v) is 13.2. The van der Waals surface area contributed by atoms with Crippen LogP contribution in [0.4, 0.5) is 0 Å². The molecule has 1 amide bonds. The number of likely N-dealkylation sites (tertiary alicyclic amines) is 1. The molecule has 0 radical (unpaired) electrons. The Bertz CT molecular complexity index is 1280. The monoisotopic (exact) mass is 588 g/mol. The topological polar surface area (TPSA) is 76.2 Å². The number of hydrogen-bond donors (Lipinski definition) is 0. The summed E-state index contributed by atoms with van der Waals surface area (Å²) in [5.74, 6) is 0.781. The highest BCUT2D eigenvalue weighted by Crippen LogP contribution is 2.55. The molecule has 7 nitrogen and oxygen atoms in total. The van der Waals surface area contributed by atoms with Crippen molar-refractivity contribution in [2.75, 3.05) is 26.7 Å². The molecule has 2 aliphatic carbocycles. The Morgan fingerprint density at radius 3 is 2.44 bits per heavy atom. The molecule has 232 valence electrons. The second-order valence-electron chi connectivity index (χ2n) is 13.2. The Labute approximate surface area is 256 Å². The van der Waals surface area contributed by atoms with Crippen molar-refractivity contribution in [3.63, 3.8) is 0 Å². The number of carbonyl (C=O) groups is 3. The quantitative estimate of drug-likeness (QED) is 0.170. The van der Waals surface area contributed by atoms with E-state index in [1.165, 1.54) is 32.3 Å². The van der Waals surface area contributed by atoms with E-state index in [1.54, 1.807) is 6.07 Å². The first-order valence-electron chi connectivity index (χ1n) is 16.2. The molecule has 0 spiro atoms. The van der Waals surface area contributed by atoms with Crippen molar-refractivity contribution in [1.82, 2.24) is 9.80 Å². The van der Waals surface area contributed by atoms with Gasteiger partial charge in [-0.25, -0.2) is 0 Å². The van der Waals surface area contributed by atoms with Crippen molar-refractivity contribution >= 4 is 17.8 Å². The summed E-state index contributed by atoms with van der Waals surface area (Å²) in [6.45, 7) is 5.55. The highest BCUT2D eigenvalue weighted by Gasteiger charge is 2.61. The van der Waals surface area contributed by atoms with E-state index in [0.717, 1.165) is 63.1 Å². The maximum Gasteiger partial charge on any atom is 0.308 e. The molecule has 2 aromatic carbocycles. The van der Waals surface area contributed by atoms with Crippen molar-refractivity contribution in [2.45, 2.75) is 102 Å². The van der Waals surface area contributed by atoms with Crippen LogP contribution in [0.5, 0.6) is 5.75 Å². The van der Waals surface area contributed by atoms with Crippen molar-refractivity contribution in [1.29, 1.82) is 0 Å². The minimum absolute atomic E-state index is 0.0351. The lowest BCUT2D eigenvalue weighted by molar-refractivity contribution is -0.190. The molecule has 0 aromatic heterocycles. The predicted octanol–water partition coefficient (Wildman–Crippen LogP) is 6.08. The van der Waals surface area contributed by atoms with Gasteiger partial charge < -0.3 is 14.4 Å². The molecule has 43 heavy (non-hydrogen) atoms. The molecule has 2 saturated carbocycles. The SMILES string of the molecule is CC(=O)Oc1cccc([C@@]23CCN(CC4CC4)C[C@@]2(OC(C)=O)CC[C@@H](N(C)C(=O)CCCCCc2ccccc2)C3)c1. The number of amides is 1. The third-order valence-corrected chi connectivity index (χ3v) is 10.0. The Morgan fingerprint density at radius 2 is 1.72 bits per heavy atom. The second kappa shape index (κ2) is 13.6. The maximum absolute atomic E-state index is 13.5. The van der Waals surface area contributed by atoms with E-state index < -0.39 is 11.0 Å². The van der Waals surface area contributed by atoms with Gasteiger partial charge in [-0.2, -0.15) is 0 Å². The summed E-state index contributed by atoms with van der Waals surface area (Å²) in [5.41, 5.74) is 1.15. The summed E-state index contributed by atoms with van der Waals surface area (Å²) in [7, 11) is 1.95. The zero-order valence-corrected chi connectivity index (χ0v) is 26.2. The van der Waals surface area contributed by atoms with E-state index in [0.29, 0.717) is 31.6 Å². The molecule has 7 heteroatoms. The summed E-state index contributed by atoms with van der Waals surface area (Å²) in [6.07, 6.45) is 10.1. The molecule has 0 N–H and O–H groups in total. The summed E-state index contributed by atoms with van der Waals surface area (Å²) < 4.78 is 11.9. The smallest absolute Gasteiger partial charge is 0.308 e. The van der Waals surface area contributed by atoms with Gasteiger partial charge in [-0.15, -0.1) is 0 Å². The van der Waals surface area contributed by atoms with E-state index in [-0.39, 0.29) is 23.9 Å². The van der Waals surface area contributed by atoms with Gasteiger partial charge in [0.2, 0.25) is 5.91 Å². The van der Waals surface area contributed by atoms with Gasteiger partial charge in [-0.1, -0.05) is 48.9 Å². The largest absolute Gasteiger partial charge is 0.457 e. The highest BCUT2D eigenvalue weighted by molar-refractivity contribution is 5.76. The van der Waals surface area contributed by atoms with Gasteiger partial charge in [-0.3, -0.25) is 19.3 Å². The molecule has 1 saturated heterocycles. The van der Waals surface area contributed by atoms with Crippen LogP contribution in [0.2, 0.25) is 0 Å². The van der Waals surface area contributed by atoms with E-state index in [9.17, 15) is 14.4 Å². The van der Waals surface area contributed by atoms with E-state index >= 15 is 0 Å². The normalized spacial score (nSPS) is 25.4. The molecule has 0 unspecified atom stereocenters. The van der Waals surface area contributed by atoms with Gasteiger partial charge in [0.1, 0.15) is 11.4 Å². The molecular formula is C36H48N2O5. The summed E-state index contributed by atoms with van der Waals surface area (Å²) in [6, 6.07) is 18.3. The molecule has 1 aliphatic heterocycles. The highest BCUT2D eigenvalue weighted by atomic mass is 16.6. The van der Waals surface area contributed by atoms with Crippen molar-refractivity contribution < 1.29 is 23.9 Å². The third-order valence-electron chi connectivity index (χ3n) is 10.0. The predicted molar refractivity (Wildman–Crippen MR) is 167 cm³/mol. The lowest BCUT2D eigenvalue weighted by Crippen LogP contribution is -2.68. The standard InChI is InChI=1S/C36H48N2O5/c1-27(39)42-33-15-10-14-31(23-33)35-21-22-38(25-30-17-18-30)26-36(35,43-28(2)40)20-19-32(24-35)37(3)34(41)16-9-5-8-13-29-11-6-4-7-12-29/h4,6-7,10-12,14-15,23,30,32H,5,8-9,13,16-22,24-26H2,1-3H3/t32-,35+,36+/m1/s1. The van der Waals surface area contributed by atoms with Crippen LogP contribution >= 0.6 is 0 Å². The number of piperidine rings is 1. The zero-order chi connectivity index (χ0) is 30.5. The first-order valence-corrected chi connectivity index (χ1v) is 16.2. The van der Waals surface area contributed by atoms with Crippen LogP contribution in [0.1, 0.15) is 89.2 Å².